The summed E-state index contributed by atoms with van der Waals surface area (Å²) in [5.41, 5.74) is -1.39. The summed E-state index contributed by atoms with van der Waals surface area (Å²) in [4.78, 5) is 12.0. The summed E-state index contributed by atoms with van der Waals surface area (Å²) in [5, 5.41) is 3.87. The fraction of sp³-hybridized carbons (Fsp3) is 0.136. The first kappa shape index (κ1) is 24.8. The third kappa shape index (κ3) is 5.20. The molecule has 1 atom stereocenters. The molecule has 2 aromatic carbocycles. The number of carbonyl (C=O) groups excluding carboxylic acids is 1. The number of carbonyl (C=O) groups is 1. The van der Waals surface area contributed by atoms with Crippen LogP contribution in [0.25, 0.3) is 5.57 Å². The number of alkyl halides is 6. The highest BCUT2D eigenvalue weighted by Gasteiger charge is 2.41. The fourth-order valence-corrected chi connectivity index (χ4v) is 5.32. The predicted molar refractivity (Wildman–Crippen MR) is 118 cm³/mol. The van der Waals surface area contributed by atoms with Gasteiger partial charge in [0.15, 0.2) is 0 Å². The molecule has 2 heterocycles. The Morgan fingerprint density at radius 3 is 2.23 bits per heavy atom. The van der Waals surface area contributed by atoms with E-state index in [-0.39, 0.29) is 27.4 Å². The van der Waals surface area contributed by atoms with Gasteiger partial charge in [0.2, 0.25) is 0 Å². The first-order valence-corrected chi connectivity index (χ1v) is 12.1. The summed E-state index contributed by atoms with van der Waals surface area (Å²) in [6, 6.07) is 9.36. The predicted octanol–water partition coefficient (Wildman–Crippen LogP) is 6.25. The van der Waals surface area contributed by atoms with Gasteiger partial charge in [0, 0.05) is 27.4 Å². The van der Waals surface area contributed by atoms with E-state index in [0.29, 0.717) is 12.1 Å². The molecular weight excluding hydrogens is 518 g/mol. The normalized spacial score (nSPS) is 16.2. The van der Waals surface area contributed by atoms with Crippen molar-refractivity contribution in [1.29, 1.82) is 0 Å². The van der Waals surface area contributed by atoms with Crippen molar-refractivity contribution in [2.24, 2.45) is 0 Å². The van der Waals surface area contributed by atoms with E-state index in [1.54, 1.807) is 0 Å². The van der Waals surface area contributed by atoms with E-state index in [4.69, 9.17) is 0 Å². The number of nitrogens with one attached hydrogen (secondary N) is 2. The molecule has 1 aliphatic heterocycles. The van der Waals surface area contributed by atoms with Crippen molar-refractivity contribution in [3.63, 3.8) is 0 Å². The van der Waals surface area contributed by atoms with Gasteiger partial charge in [0.05, 0.1) is 10.5 Å². The van der Waals surface area contributed by atoms with Crippen LogP contribution in [0, 0.1) is 0 Å². The lowest BCUT2D eigenvalue weighted by Crippen LogP contribution is -2.19. The Balaban J connectivity index is 1.68. The van der Waals surface area contributed by atoms with E-state index < -0.39 is 44.7 Å². The topological polar surface area (TPSA) is 75.3 Å². The van der Waals surface area contributed by atoms with E-state index in [9.17, 15) is 39.6 Å². The average molecular weight is 532 g/mol. The van der Waals surface area contributed by atoms with Gasteiger partial charge in [0.1, 0.15) is 5.92 Å². The Bertz CT molecular complexity index is 1390. The molecule has 0 aliphatic carbocycles. The minimum atomic E-state index is -4.70. The van der Waals surface area contributed by atoms with E-state index in [0.717, 1.165) is 41.7 Å². The minimum Gasteiger partial charge on any atom is -0.321 e. The van der Waals surface area contributed by atoms with Crippen LogP contribution in [0.4, 0.5) is 37.7 Å². The standard InChI is InChI=1S/C22H14F6N2O3S2/c23-21(24,25)12-3-5-13(6-4-12)30-35(32,33)14-7-8-18-15(10-14)16(20(31)29-18)11-17(22(26,27)28)19-2-1-9-34-19/h1-11,17,30H,(H,29,31). The van der Waals surface area contributed by atoms with Gasteiger partial charge in [-0.15, -0.1) is 11.3 Å². The average Bonchev–Trinajstić information content (AvgIpc) is 3.37. The maximum Gasteiger partial charge on any atom is 0.416 e. The lowest BCUT2D eigenvalue weighted by Gasteiger charge is -2.16. The number of rotatable bonds is 5. The zero-order valence-corrected chi connectivity index (χ0v) is 18.9. The zero-order chi connectivity index (χ0) is 25.6. The molecule has 4 rings (SSSR count). The van der Waals surface area contributed by atoms with Gasteiger partial charge in [0.25, 0.3) is 15.9 Å². The van der Waals surface area contributed by atoms with Crippen molar-refractivity contribution in [3.8, 4) is 0 Å². The number of hydrogen-bond acceptors (Lipinski definition) is 4. The smallest absolute Gasteiger partial charge is 0.321 e. The molecule has 1 aromatic heterocycles. The number of sulfonamides is 1. The Labute approximate surface area is 199 Å². The van der Waals surface area contributed by atoms with Crippen LogP contribution in [0.2, 0.25) is 0 Å². The van der Waals surface area contributed by atoms with Crippen LogP contribution >= 0.6 is 11.3 Å². The lowest BCUT2D eigenvalue weighted by molar-refractivity contribution is -0.139. The van der Waals surface area contributed by atoms with Crippen molar-refractivity contribution in [1.82, 2.24) is 0 Å². The third-order valence-corrected chi connectivity index (χ3v) is 7.42. The number of allylic oxidation sites excluding steroid dienone is 1. The van der Waals surface area contributed by atoms with Crippen LogP contribution < -0.4 is 10.0 Å². The summed E-state index contributed by atoms with van der Waals surface area (Å²) in [6.45, 7) is 0. The van der Waals surface area contributed by atoms with Crippen LogP contribution in [-0.2, 0) is 21.0 Å². The van der Waals surface area contributed by atoms with Crippen LogP contribution in [0.15, 0.2) is 70.9 Å². The summed E-state index contributed by atoms with van der Waals surface area (Å²) < 4.78 is 107. The van der Waals surface area contributed by atoms with Crippen LogP contribution in [-0.4, -0.2) is 20.5 Å². The van der Waals surface area contributed by atoms with Crippen molar-refractivity contribution in [3.05, 3.63) is 82.1 Å². The monoisotopic (exact) mass is 532 g/mol. The number of thiophene rings is 1. The van der Waals surface area contributed by atoms with Crippen molar-refractivity contribution in [2.45, 2.75) is 23.2 Å². The number of fused-ring (bicyclic) bond motifs is 1. The van der Waals surface area contributed by atoms with Crippen molar-refractivity contribution in [2.75, 3.05) is 10.0 Å². The molecule has 1 aliphatic rings. The molecule has 5 nitrogen and oxygen atoms in total. The molecule has 184 valence electrons. The molecule has 2 N–H and O–H groups in total. The Morgan fingerprint density at radius 1 is 0.971 bits per heavy atom. The molecule has 0 bridgehead atoms. The Hall–Kier alpha value is -3.32. The first-order chi connectivity index (χ1) is 16.3. The van der Waals surface area contributed by atoms with Gasteiger partial charge in [-0.25, -0.2) is 8.42 Å². The van der Waals surface area contributed by atoms with Gasteiger partial charge in [-0.3, -0.25) is 9.52 Å². The van der Waals surface area contributed by atoms with E-state index in [1.807, 2.05) is 0 Å². The number of hydrogen-bond donors (Lipinski definition) is 2. The molecule has 1 amide bonds. The molecule has 0 radical (unpaired) electrons. The highest BCUT2D eigenvalue weighted by molar-refractivity contribution is 7.92. The number of anilines is 2. The number of amides is 1. The van der Waals surface area contributed by atoms with Crippen LogP contribution in [0.5, 0.6) is 0 Å². The maximum atomic E-state index is 13.7. The fourth-order valence-electron chi connectivity index (χ4n) is 3.41. The molecule has 13 heteroatoms. The summed E-state index contributed by atoms with van der Waals surface area (Å²) in [5.74, 6) is -2.91. The second-order valence-electron chi connectivity index (χ2n) is 7.46. The molecule has 35 heavy (non-hydrogen) atoms. The first-order valence-electron chi connectivity index (χ1n) is 9.73. The molecule has 3 aromatic rings. The number of halogens is 6. The second kappa shape index (κ2) is 8.72. The highest BCUT2D eigenvalue weighted by atomic mass is 32.2. The molecule has 0 saturated heterocycles. The lowest BCUT2D eigenvalue weighted by atomic mass is 9.99. The summed E-state index contributed by atoms with van der Waals surface area (Å²) >= 11 is 0.862. The van der Waals surface area contributed by atoms with Gasteiger partial charge in [-0.2, -0.15) is 26.3 Å². The number of benzene rings is 2. The Morgan fingerprint density at radius 2 is 1.66 bits per heavy atom. The molecule has 0 fully saturated rings. The Kier molecular flexibility index (Phi) is 6.18. The second-order valence-corrected chi connectivity index (χ2v) is 10.1. The summed E-state index contributed by atoms with van der Waals surface area (Å²) in [6.07, 6.45) is -8.56. The SMILES string of the molecule is O=C1Nc2ccc(S(=O)(=O)Nc3ccc(C(F)(F)F)cc3)cc2C1=CC(c1cccs1)C(F)(F)F. The molecule has 0 saturated carbocycles. The third-order valence-electron chi connectivity index (χ3n) is 5.08. The van der Waals surface area contributed by atoms with Gasteiger partial charge in [-0.1, -0.05) is 12.1 Å². The zero-order valence-electron chi connectivity index (χ0n) is 17.2. The largest absolute Gasteiger partial charge is 0.416 e. The molecule has 1 unspecified atom stereocenters. The van der Waals surface area contributed by atoms with Gasteiger partial charge in [-0.05, 0) is 53.9 Å². The van der Waals surface area contributed by atoms with Crippen molar-refractivity contribution < 1.29 is 39.6 Å². The molecule has 0 spiro atoms. The van der Waals surface area contributed by atoms with E-state index >= 15 is 0 Å². The van der Waals surface area contributed by atoms with Gasteiger partial charge < -0.3 is 5.32 Å². The minimum absolute atomic E-state index is 0.0426. The highest BCUT2D eigenvalue weighted by Crippen LogP contribution is 2.42. The van der Waals surface area contributed by atoms with E-state index in [1.165, 1.54) is 23.6 Å². The summed E-state index contributed by atoms with van der Waals surface area (Å²) in [7, 11) is -4.34. The molecular formula is C22H14F6N2O3S2. The van der Waals surface area contributed by atoms with Crippen LogP contribution in [0.1, 0.15) is 21.9 Å². The quantitative estimate of drug-likeness (QED) is 0.301. The van der Waals surface area contributed by atoms with Crippen molar-refractivity contribution >= 4 is 44.2 Å². The van der Waals surface area contributed by atoms with Gasteiger partial charge >= 0.3 is 12.4 Å². The van der Waals surface area contributed by atoms with E-state index in [2.05, 4.69) is 10.0 Å². The maximum absolute atomic E-state index is 13.7. The van der Waals surface area contributed by atoms with Crippen LogP contribution in [0.3, 0.4) is 0 Å².